The highest BCUT2D eigenvalue weighted by Crippen LogP contribution is 2.43. The van der Waals surface area contributed by atoms with Gasteiger partial charge in [-0.25, -0.2) is 4.57 Å². The molecule has 2 unspecified atom stereocenters. The van der Waals surface area contributed by atoms with Gasteiger partial charge in [-0.2, -0.15) is 0 Å². The fraction of sp³-hybridized carbons (Fsp3) is 0.609. The fourth-order valence-electron chi connectivity index (χ4n) is 7.09. The number of quaternary nitrogens is 1. The number of nitrogens with zero attached hydrogens (tertiary/aromatic N) is 1. The third-order valence-electron chi connectivity index (χ3n) is 11.4. The van der Waals surface area contributed by atoms with Gasteiger partial charge in [0.25, 0.3) is 0 Å². The van der Waals surface area contributed by atoms with Crippen molar-refractivity contribution in [2.24, 2.45) is 0 Å². The Morgan fingerprint density at radius 1 is 0.425 bits per heavy atom. The van der Waals surface area contributed by atoms with E-state index in [1.54, 1.807) is 0 Å². The average molecular weight is 1030 g/mol. The predicted molar refractivity (Wildman–Crippen MR) is 316 cm³/mol. The second-order valence-corrected chi connectivity index (χ2v) is 21.0. The minimum atomic E-state index is -4.31. The van der Waals surface area contributed by atoms with E-state index in [1.165, 1.54) is 38.5 Å². The molecule has 0 bridgehead atoms. The van der Waals surface area contributed by atoms with Crippen LogP contribution in [0.25, 0.3) is 0 Å². The summed E-state index contributed by atoms with van der Waals surface area (Å²) in [4.78, 5) is 23.1. The Balaban J connectivity index is 4.21. The normalized spacial score (nSPS) is 14.5. The molecule has 0 fully saturated rings. The molecule has 0 heterocycles. The molecular weight excluding hydrogens is 926 g/mol. The van der Waals surface area contributed by atoms with Crippen LogP contribution in [0.15, 0.2) is 146 Å². The van der Waals surface area contributed by atoms with Gasteiger partial charge in [-0.1, -0.05) is 217 Å². The average Bonchev–Trinajstić information content (AvgIpc) is 3.35. The van der Waals surface area contributed by atoms with Gasteiger partial charge in [-0.3, -0.25) is 13.8 Å². The molecule has 0 aromatic heterocycles. The number of phosphoric ester groups is 1. The van der Waals surface area contributed by atoms with Crippen molar-refractivity contribution in [2.45, 2.75) is 200 Å². The number of hydrogen-bond donors (Lipinski definition) is 1. The lowest BCUT2D eigenvalue weighted by molar-refractivity contribution is -0.870. The molecule has 0 rings (SSSR count). The van der Waals surface area contributed by atoms with E-state index in [1.807, 2.05) is 21.1 Å². The summed E-state index contributed by atoms with van der Waals surface area (Å²) >= 11 is 0. The lowest BCUT2D eigenvalue weighted by Crippen LogP contribution is -2.37. The molecule has 0 radical (unpaired) electrons. The molecule has 73 heavy (non-hydrogen) atoms. The van der Waals surface area contributed by atoms with Crippen LogP contribution in [-0.2, 0) is 27.9 Å². The van der Waals surface area contributed by atoms with Crippen LogP contribution in [0.2, 0.25) is 0 Å². The van der Waals surface area contributed by atoms with Gasteiger partial charge in [0.05, 0.1) is 34.4 Å². The number of unbranched alkanes of at least 4 members (excludes halogenated alkanes) is 13. The molecule has 0 saturated carbocycles. The molecule has 0 aromatic rings. The van der Waals surface area contributed by atoms with E-state index in [-0.39, 0.29) is 25.8 Å². The highest BCUT2D eigenvalue weighted by Gasteiger charge is 2.26. The number of ether oxygens (including phenoxy) is 2. The highest BCUT2D eigenvalue weighted by molar-refractivity contribution is 7.47. The topological polar surface area (TPSA) is 91.3 Å². The zero-order chi connectivity index (χ0) is 53.3. The van der Waals surface area contributed by atoms with Gasteiger partial charge in [0, 0.05) is 13.0 Å². The second-order valence-electron chi connectivity index (χ2n) is 19.6. The second kappa shape index (κ2) is 54.6. The van der Waals surface area contributed by atoms with Crippen molar-refractivity contribution in [3.05, 3.63) is 146 Å². The maximum absolute atomic E-state index is 12.8. The molecule has 0 aliphatic rings. The summed E-state index contributed by atoms with van der Waals surface area (Å²) in [6, 6.07) is 0. The Bertz CT molecular complexity index is 1670. The summed E-state index contributed by atoms with van der Waals surface area (Å²) in [5.41, 5.74) is 0. The monoisotopic (exact) mass is 1030 g/mol. The molecule has 0 aromatic carbocycles. The number of rotatable bonds is 51. The zero-order valence-corrected chi connectivity index (χ0v) is 48.0. The van der Waals surface area contributed by atoms with Crippen LogP contribution in [0.5, 0.6) is 0 Å². The summed E-state index contributed by atoms with van der Waals surface area (Å²) in [5, 5.41) is 0. The number of likely N-dealkylation sites (N-methyl/N-ethyl adjacent to an activating group) is 1. The predicted octanol–water partition coefficient (Wildman–Crippen LogP) is 18.4. The van der Waals surface area contributed by atoms with Crippen LogP contribution in [-0.4, -0.2) is 75.6 Å². The first-order chi connectivity index (χ1) is 35.6. The number of esters is 1. The molecule has 2 atom stereocenters. The van der Waals surface area contributed by atoms with Crippen LogP contribution < -0.4 is 0 Å². The molecule has 9 heteroatoms. The Kier molecular flexibility index (Phi) is 51.9. The number of carbonyl (C=O) groups excluding carboxylic acids is 1. The summed E-state index contributed by atoms with van der Waals surface area (Å²) in [6.45, 7) is 5.31. The van der Waals surface area contributed by atoms with Crippen molar-refractivity contribution < 1.29 is 37.3 Å². The molecular formula is C64H107NO7P+. The summed E-state index contributed by atoms with van der Waals surface area (Å²) < 4.78 is 35.2. The highest BCUT2D eigenvalue weighted by atomic mass is 31.2. The molecule has 0 saturated heterocycles. The van der Waals surface area contributed by atoms with E-state index in [0.29, 0.717) is 24.1 Å². The Morgan fingerprint density at radius 3 is 1.12 bits per heavy atom. The van der Waals surface area contributed by atoms with Crippen molar-refractivity contribution >= 4 is 13.8 Å². The van der Waals surface area contributed by atoms with Crippen molar-refractivity contribution in [1.29, 1.82) is 0 Å². The third-order valence-corrected chi connectivity index (χ3v) is 12.4. The quantitative estimate of drug-likeness (QED) is 0.0213. The van der Waals surface area contributed by atoms with Gasteiger partial charge in [0.15, 0.2) is 0 Å². The zero-order valence-electron chi connectivity index (χ0n) is 47.1. The SMILES string of the molecule is CC/C=C\C/C=C\C/C=C\C/C=C\C/C=C\C/C=C\CCCCCCCCCOCC(COP(=O)(O)OCC[N+](C)(C)C)OC(=O)CCCCCCCC/C=C\C/C=C\C/C=C\C/C=C\C/C=C\C/C=C\CC. The van der Waals surface area contributed by atoms with Crippen LogP contribution in [0.4, 0.5) is 0 Å². The Morgan fingerprint density at radius 2 is 0.753 bits per heavy atom. The number of carbonyl (C=O) groups is 1. The van der Waals surface area contributed by atoms with Crippen molar-refractivity contribution in [1.82, 2.24) is 0 Å². The van der Waals surface area contributed by atoms with Crippen molar-refractivity contribution in [2.75, 3.05) is 54.1 Å². The molecule has 0 spiro atoms. The van der Waals surface area contributed by atoms with Gasteiger partial charge < -0.3 is 18.9 Å². The van der Waals surface area contributed by atoms with Crippen LogP contribution in [0.3, 0.4) is 0 Å². The van der Waals surface area contributed by atoms with Gasteiger partial charge in [0.1, 0.15) is 19.3 Å². The molecule has 0 aliphatic carbocycles. The molecule has 0 amide bonds. The summed E-state index contributed by atoms with van der Waals surface area (Å²) in [6.07, 6.45) is 81.9. The van der Waals surface area contributed by atoms with E-state index in [2.05, 4.69) is 160 Å². The van der Waals surface area contributed by atoms with Crippen molar-refractivity contribution in [3.63, 3.8) is 0 Å². The maximum atomic E-state index is 12.8. The Labute approximate surface area is 448 Å². The first kappa shape index (κ1) is 69.4. The lowest BCUT2D eigenvalue weighted by Gasteiger charge is -2.24. The molecule has 1 N–H and O–H groups in total. The van der Waals surface area contributed by atoms with Gasteiger partial charge >= 0.3 is 13.8 Å². The van der Waals surface area contributed by atoms with E-state index in [0.717, 1.165) is 135 Å². The standard InChI is InChI=1S/C64H106NO7P/c1-6-8-10-12-14-16-18-20-22-24-26-28-30-32-34-36-38-40-42-44-46-48-50-52-54-56-59-69-61-63(62-71-73(67,68)70-60-58-65(3,4)5)72-64(66)57-55-53-51-49-47-45-43-41-39-37-35-33-31-29-27-25-23-21-19-17-15-13-11-9-7-2/h8-11,14-17,20-23,26-29,32-35,38-41,63H,6-7,12-13,18-19,24-25,30-31,36-37,42-62H2,1-5H3/p+1/b10-8-,11-9-,16-14-,17-15-,22-20-,23-21-,28-26-,29-27-,34-32-,35-33-,40-38-,41-39-. The van der Waals surface area contributed by atoms with Crippen LogP contribution >= 0.6 is 7.82 Å². The van der Waals surface area contributed by atoms with Crippen molar-refractivity contribution in [3.8, 4) is 0 Å². The number of allylic oxidation sites excluding steroid dienone is 24. The van der Waals surface area contributed by atoms with Crippen LogP contribution in [0.1, 0.15) is 194 Å². The first-order valence-electron chi connectivity index (χ1n) is 28.6. The van der Waals surface area contributed by atoms with Gasteiger partial charge in [-0.15, -0.1) is 0 Å². The molecule has 414 valence electrons. The van der Waals surface area contributed by atoms with E-state index in [9.17, 15) is 14.3 Å². The first-order valence-corrected chi connectivity index (χ1v) is 30.1. The largest absolute Gasteiger partial charge is 0.472 e. The summed E-state index contributed by atoms with van der Waals surface area (Å²) in [7, 11) is 1.62. The number of phosphoric acid groups is 1. The molecule has 8 nitrogen and oxygen atoms in total. The summed E-state index contributed by atoms with van der Waals surface area (Å²) in [5.74, 6) is -0.339. The minimum Gasteiger partial charge on any atom is -0.457 e. The fourth-order valence-corrected chi connectivity index (χ4v) is 7.83. The lowest BCUT2D eigenvalue weighted by atomic mass is 10.1. The number of hydrogen-bond acceptors (Lipinski definition) is 6. The van der Waals surface area contributed by atoms with E-state index >= 15 is 0 Å². The minimum absolute atomic E-state index is 0.0736. The van der Waals surface area contributed by atoms with Gasteiger partial charge in [0.2, 0.25) is 0 Å². The maximum Gasteiger partial charge on any atom is 0.472 e. The van der Waals surface area contributed by atoms with Gasteiger partial charge in [-0.05, 0) is 116 Å². The van der Waals surface area contributed by atoms with Crippen LogP contribution in [0, 0.1) is 0 Å². The smallest absolute Gasteiger partial charge is 0.457 e. The van der Waals surface area contributed by atoms with E-state index in [4.69, 9.17) is 18.5 Å². The van der Waals surface area contributed by atoms with E-state index < -0.39 is 13.9 Å². The molecule has 0 aliphatic heterocycles. The Hall–Kier alpha value is -3.62. The third kappa shape index (κ3) is 59.1.